The maximum Gasteiger partial charge on any atom is 0.416 e. The van der Waals surface area contributed by atoms with Gasteiger partial charge >= 0.3 is 12.1 Å². The molecule has 18 heavy (non-hydrogen) atoms. The molecule has 4 nitrogen and oxygen atoms in total. The third-order valence-electron chi connectivity index (χ3n) is 2.41. The predicted octanol–water partition coefficient (Wildman–Crippen LogP) is 1.24. The van der Waals surface area contributed by atoms with Gasteiger partial charge in [0.05, 0.1) is 18.7 Å². The Balaban J connectivity index is 2.89. The van der Waals surface area contributed by atoms with Gasteiger partial charge in [-0.2, -0.15) is 13.2 Å². The molecular formula is C11H12F3NO3. The summed E-state index contributed by atoms with van der Waals surface area (Å²) in [5.41, 5.74) is 4.92. The Hall–Kier alpha value is -1.60. The summed E-state index contributed by atoms with van der Waals surface area (Å²) >= 11 is 0. The van der Waals surface area contributed by atoms with E-state index in [9.17, 15) is 23.1 Å². The molecule has 0 spiro atoms. The van der Waals surface area contributed by atoms with E-state index in [0.717, 1.165) is 31.4 Å². The lowest BCUT2D eigenvalue weighted by atomic mass is 10.0. The molecule has 3 N–H and O–H groups in total. The Labute approximate surface area is 101 Å². The quantitative estimate of drug-likeness (QED) is 0.805. The minimum absolute atomic E-state index is 0.209. The predicted molar refractivity (Wildman–Crippen MR) is 56.4 cm³/mol. The number of hydrogen-bond acceptors (Lipinski definition) is 4. The standard InChI is InChI=1S/C11H12F3NO3/c1-18-10(17)9(16)8(15)6-2-4-7(5-3-6)11(12,13)14/h2-5,8-9,16H,15H2,1H3/t8-,9+/m0/s1. The number of carbonyl (C=O) groups is 1. The first-order chi connectivity index (χ1) is 8.27. The summed E-state index contributed by atoms with van der Waals surface area (Å²) in [4.78, 5) is 11.0. The van der Waals surface area contributed by atoms with Crippen LogP contribution in [0, 0.1) is 0 Å². The van der Waals surface area contributed by atoms with Gasteiger partial charge in [0.25, 0.3) is 0 Å². The van der Waals surface area contributed by atoms with Gasteiger partial charge in [0, 0.05) is 0 Å². The second kappa shape index (κ2) is 5.36. The fourth-order valence-electron chi connectivity index (χ4n) is 1.34. The third kappa shape index (κ3) is 3.21. The molecule has 0 heterocycles. The molecule has 0 aromatic heterocycles. The smallest absolute Gasteiger partial charge is 0.416 e. The summed E-state index contributed by atoms with van der Waals surface area (Å²) in [6.45, 7) is 0. The second-order valence-corrected chi connectivity index (χ2v) is 3.61. The van der Waals surface area contributed by atoms with Crippen LogP contribution in [0.15, 0.2) is 24.3 Å². The molecule has 100 valence electrons. The van der Waals surface area contributed by atoms with Crippen molar-refractivity contribution in [2.24, 2.45) is 5.73 Å². The van der Waals surface area contributed by atoms with Crippen molar-refractivity contribution in [2.45, 2.75) is 18.3 Å². The van der Waals surface area contributed by atoms with Crippen molar-refractivity contribution < 1.29 is 27.8 Å². The third-order valence-corrected chi connectivity index (χ3v) is 2.41. The van der Waals surface area contributed by atoms with E-state index in [-0.39, 0.29) is 5.56 Å². The number of aliphatic hydroxyl groups excluding tert-OH is 1. The average molecular weight is 263 g/mol. The SMILES string of the molecule is COC(=O)[C@H](O)[C@@H](N)c1ccc(C(F)(F)F)cc1. The highest BCUT2D eigenvalue weighted by Gasteiger charge is 2.31. The van der Waals surface area contributed by atoms with Crippen LogP contribution in [0.5, 0.6) is 0 Å². The second-order valence-electron chi connectivity index (χ2n) is 3.61. The van der Waals surface area contributed by atoms with Crippen molar-refractivity contribution in [1.82, 2.24) is 0 Å². The van der Waals surface area contributed by atoms with E-state index >= 15 is 0 Å². The molecule has 0 saturated heterocycles. The lowest BCUT2D eigenvalue weighted by molar-refractivity contribution is -0.151. The van der Waals surface area contributed by atoms with Crippen molar-refractivity contribution in [3.63, 3.8) is 0 Å². The van der Waals surface area contributed by atoms with Crippen LogP contribution >= 0.6 is 0 Å². The van der Waals surface area contributed by atoms with Gasteiger partial charge in [-0.3, -0.25) is 0 Å². The van der Waals surface area contributed by atoms with Crippen LogP contribution in [0.1, 0.15) is 17.2 Å². The van der Waals surface area contributed by atoms with Crippen LogP contribution in [0.2, 0.25) is 0 Å². The summed E-state index contributed by atoms with van der Waals surface area (Å²) < 4.78 is 41.2. The Morgan fingerprint density at radius 2 is 1.83 bits per heavy atom. The number of benzene rings is 1. The molecule has 0 unspecified atom stereocenters. The van der Waals surface area contributed by atoms with Crippen molar-refractivity contribution in [2.75, 3.05) is 7.11 Å². The number of hydrogen-bond donors (Lipinski definition) is 2. The average Bonchev–Trinajstić information content (AvgIpc) is 2.35. The van der Waals surface area contributed by atoms with Gasteiger partial charge in [-0.15, -0.1) is 0 Å². The fourth-order valence-corrected chi connectivity index (χ4v) is 1.34. The zero-order valence-electron chi connectivity index (χ0n) is 9.44. The van der Waals surface area contributed by atoms with Gasteiger partial charge in [0.1, 0.15) is 0 Å². The van der Waals surface area contributed by atoms with E-state index in [1.807, 2.05) is 0 Å². The molecule has 0 amide bonds. The van der Waals surface area contributed by atoms with Crippen molar-refractivity contribution in [3.8, 4) is 0 Å². The highest BCUT2D eigenvalue weighted by atomic mass is 19.4. The first-order valence-electron chi connectivity index (χ1n) is 4.96. The number of esters is 1. The van der Waals surface area contributed by atoms with E-state index in [1.54, 1.807) is 0 Å². The molecule has 0 fully saturated rings. The van der Waals surface area contributed by atoms with E-state index in [4.69, 9.17) is 5.73 Å². The van der Waals surface area contributed by atoms with Crippen LogP contribution in [-0.2, 0) is 15.7 Å². The fraction of sp³-hybridized carbons (Fsp3) is 0.364. The molecule has 0 radical (unpaired) electrons. The summed E-state index contributed by atoms with van der Waals surface area (Å²) in [6, 6.07) is 2.75. The molecule has 0 bridgehead atoms. The Morgan fingerprint density at radius 1 is 1.33 bits per heavy atom. The number of ether oxygens (including phenoxy) is 1. The van der Waals surface area contributed by atoms with Crippen molar-refractivity contribution in [1.29, 1.82) is 0 Å². The molecule has 1 aromatic rings. The minimum atomic E-state index is -4.44. The highest BCUT2D eigenvalue weighted by Crippen LogP contribution is 2.30. The first-order valence-corrected chi connectivity index (χ1v) is 4.96. The number of aliphatic hydroxyl groups is 1. The number of carbonyl (C=O) groups excluding carboxylic acids is 1. The molecule has 0 aliphatic rings. The maximum absolute atomic E-state index is 12.3. The first kappa shape index (κ1) is 14.5. The molecule has 0 aliphatic carbocycles. The van der Waals surface area contributed by atoms with Gasteiger partial charge in [0.15, 0.2) is 6.10 Å². The zero-order valence-corrected chi connectivity index (χ0v) is 9.44. The molecule has 0 saturated carbocycles. The van der Waals surface area contributed by atoms with Crippen LogP contribution in [0.25, 0.3) is 0 Å². The number of nitrogens with two attached hydrogens (primary N) is 1. The highest BCUT2D eigenvalue weighted by molar-refractivity contribution is 5.75. The number of rotatable bonds is 3. The van der Waals surface area contributed by atoms with Crippen molar-refractivity contribution in [3.05, 3.63) is 35.4 Å². The maximum atomic E-state index is 12.3. The van der Waals surface area contributed by atoms with Gasteiger partial charge < -0.3 is 15.6 Å². The van der Waals surface area contributed by atoms with Gasteiger partial charge in [-0.1, -0.05) is 12.1 Å². The number of alkyl halides is 3. The van der Waals surface area contributed by atoms with Crippen LogP contribution in [-0.4, -0.2) is 24.3 Å². The van der Waals surface area contributed by atoms with Crippen molar-refractivity contribution >= 4 is 5.97 Å². The van der Waals surface area contributed by atoms with Crippen LogP contribution in [0.4, 0.5) is 13.2 Å². The van der Waals surface area contributed by atoms with Gasteiger partial charge in [0.2, 0.25) is 0 Å². The monoisotopic (exact) mass is 263 g/mol. The zero-order chi connectivity index (χ0) is 13.9. The summed E-state index contributed by atoms with van der Waals surface area (Å²) in [5.74, 6) is -0.942. The topological polar surface area (TPSA) is 72.5 Å². The Bertz CT molecular complexity index is 417. The minimum Gasteiger partial charge on any atom is -0.467 e. The largest absolute Gasteiger partial charge is 0.467 e. The molecular weight excluding hydrogens is 251 g/mol. The Morgan fingerprint density at radius 3 is 2.22 bits per heavy atom. The summed E-state index contributed by atoms with van der Waals surface area (Å²) in [7, 11) is 1.07. The van der Waals surface area contributed by atoms with E-state index in [0.29, 0.717) is 0 Å². The van der Waals surface area contributed by atoms with E-state index < -0.39 is 29.9 Å². The van der Waals surface area contributed by atoms with E-state index in [1.165, 1.54) is 0 Å². The lowest BCUT2D eigenvalue weighted by Crippen LogP contribution is -2.34. The van der Waals surface area contributed by atoms with Crippen LogP contribution in [0.3, 0.4) is 0 Å². The Kier molecular flexibility index (Phi) is 4.31. The molecule has 1 aromatic carbocycles. The lowest BCUT2D eigenvalue weighted by Gasteiger charge is -2.17. The van der Waals surface area contributed by atoms with Gasteiger partial charge in [-0.25, -0.2) is 4.79 Å². The molecule has 0 aliphatic heterocycles. The van der Waals surface area contributed by atoms with E-state index in [2.05, 4.69) is 4.74 Å². The van der Waals surface area contributed by atoms with Crippen LogP contribution < -0.4 is 5.73 Å². The number of methoxy groups -OCH3 is 1. The summed E-state index contributed by atoms with van der Waals surface area (Å²) in [6.07, 6.45) is -6.06. The molecule has 2 atom stereocenters. The number of halogens is 3. The van der Waals surface area contributed by atoms with Gasteiger partial charge in [-0.05, 0) is 17.7 Å². The normalized spacial score (nSPS) is 15.0. The molecule has 7 heteroatoms. The molecule has 1 rings (SSSR count). The summed E-state index contributed by atoms with van der Waals surface area (Å²) in [5, 5.41) is 9.45.